The van der Waals surface area contributed by atoms with Crippen molar-refractivity contribution in [3.05, 3.63) is 28.7 Å². The van der Waals surface area contributed by atoms with Gasteiger partial charge in [-0.2, -0.15) is 0 Å². The van der Waals surface area contributed by atoms with Crippen molar-refractivity contribution in [2.45, 2.75) is 19.8 Å². The van der Waals surface area contributed by atoms with Crippen LogP contribution in [0.5, 0.6) is 0 Å². The third kappa shape index (κ3) is 4.68. The molecule has 2 rings (SSSR count). The highest BCUT2D eigenvalue weighted by Crippen LogP contribution is 2.20. The molecule has 0 saturated carbocycles. The molecule has 0 bridgehead atoms. The average molecular weight is 371 g/mol. The lowest BCUT2D eigenvalue weighted by atomic mass is 9.98. The summed E-state index contributed by atoms with van der Waals surface area (Å²) >= 11 is 8.85. The largest absolute Gasteiger partial charge is 0.466 e. The summed E-state index contributed by atoms with van der Waals surface area (Å²) in [6.07, 6.45) is 1.82. The van der Waals surface area contributed by atoms with Crippen molar-refractivity contribution < 1.29 is 9.53 Å². The second kappa shape index (κ2) is 7.75. The minimum atomic E-state index is -0.117. The number of halogens is 1. The fraction of sp³-hybridized carbons (Fsp3) is 0.467. The molecule has 1 aliphatic heterocycles. The molecule has 1 heterocycles. The normalized spacial score (nSPS) is 18.2. The maximum atomic E-state index is 11.8. The number of piperidine rings is 1. The SMILES string of the molecule is CCOC(=O)[C@H]1CCCN(C(=S)Nc2ccc(Br)cc2)C1. The smallest absolute Gasteiger partial charge is 0.310 e. The first-order chi connectivity index (χ1) is 10.1. The summed E-state index contributed by atoms with van der Waals surface area (Å²) in [7, 11) is 0. The van der Waals surface area contributed by atoms with E-state index in [1.165, 1.54) is 0 Å². The molecule has 0 aliphatic carbocycles. The summed E-state index contributed by atoms with van der Waals surface area (Å²) in [4.78, 5) is 13.9. The van der Waals surface area contributed by atoms with E-state index in [1.807, 2.05) is 36.1 Å². The highest BCUT2D eigenvalue weighted by atomic mass is 79.9. The molecule has 0 unspecified atom stereocenters. The molecule has 1 atom stereocenters. The Labute approximate surface area is 139 Å². The number of carbonyl (C=O) groups is 1. The zero-order chi connectivity index (χ0) is 15.2. The summed E-state index contributed by atoms with van der Waals surface area (Å²) in [5.41, 5.74) is 0.946. The lowest BCUT2D eigenvalue weighted by Gasteiger charge is -2.33. The molecule has 1 aromatic rings. The number of esters is 1. The highest BCUT2D eigenvalue weighted by Gasteiger charge is 2.27. The van der Waals surface area contributed by atoms with Gasteiger partial charge in [0.1, 0.15) is 0 Å². The fourth-order valence-corrected chi connectivity index (χ4v) is 2.90. The van der Waals surface area contributed by atoms with Crippen LogP contribution in [0.3, 0.4) is 0 Å². The minimum Gasteiger partial charge on any atom is -0.466 e. The number of nitrogens with zero attached hydrogens (tertiary/aromatic N) is 1. The number of ether oxygens (including phenoxy) is 1. The number of carbonyl (C=O) groups excluding carboxylic acids is 1. The van der Waals surface area contributed by atoms with Gasteiger partial charge in [0.25, 0.3) is 0 Å². The van der Waals surface area contributed by atoms with Crippen molar-refractivity contribution in [3.63, 3.8) is 0 Å². The van der Waals surface area contributed by atoms with Gasteiger partial charge >= 0.3 is 5.97 Å². The lowest BCUT2D eigenvalue weighted by molar-refractivity contribution is -0.149. The molecule has 1 fully saturated rings. The first-order valence-corrected chi connectivity index (χ1v) is 8.28. The van der Waals surface area contributed by atoms with Crippen LogP contribution in [-0.4, -0.2) is 35.7 Å². The first-order valence-electron chi connectivity index (χ1n) is 7.08. The second-order valence-electron chi connectivity index (χ2n) is 4.97. The zero-order valence-corrected chi connectivity index (χ0v) is 14.4. The molecule has 114 valence electrons. The molecule has 0 amide bonds. The number of hydrogen-bond acceptors (Lipinski definition) is 3. The molecule has 1 aliphatic rings. The van der Waals surface area contributed by atoms with Gasteiger partial charge in [-0.25, -0.2) is 0 Å². The van der Waals surface area contributed by atoms with E-state index >= 15 is 0 Å². The molecule has 1 N–H and O–H groups in total. The lowest BCUT2D eigenvalue weighted by Crippen LogP contribution is -2.44. The van der Waals surface area contributed by atoms with Crippen LogP contribution in [0.15, 0.2) is 28.7 Å². The van der Waals surface area contributed by atoms with E-state index in [0.29, 0.717) is 18.3 Å². The summed E-state index contributed by atoms with van der Waals surface area (Å²) in [5, 5.41) is 3.87. The summed E-state index contributed by atoms with van der Waals surface area (Å²) in [6.45, 7) is 3.76. The Morgan fingerprint density at radius 2 is 2.19 bits per heavy atom. The molecule has 0 aromatic heterocycles. The molecular weight excluding hydrogens is 352 g/mol. The quantitative estimate of drug-likeness (QED) is 0.652. The fourth-order valence-electron chi connectivity index (χ4n) is 2.35. The summed E-state index contributed by atoms with van der Waals surface area (Å²) < 4.78 is 6.13. The van der Waals surface area contributed by atoms with Crippen LogP contribution in [0.25, 0.3) is 0 Å². The monoisotopic (exact) mass is 370 g/mol. The predicted molar refractivity (Wildman–Crippen MR) is 91.3 cm³/mol. The molecule has 6 heteroatoms. The third-order valence-electron chi connectivity index (χ3n) is 3.42. The van der Waals surface area contributed by atoms with Crippen LogP contribution in [0, 0.1) is 5.92 Å². The molecule has 4 nitrogen and oxygen atoms in total. The molecule has 0 spiro atoms. The van der Waals surface area contributed by atoms with E-state index in [0.717, 1.165) is 29.5 Å². The Hall–Kier alpha value is -1.14. The third-order valence-corrected chi connectivity index (χ3v) is 4.31. The van der Waals surface area contributed by atoms with Gasteiger partial charge in [0, 0.05) is 23.2 Å². The van der Waals surface area contributed by atoms with Crippen LogP contribution in [0.2, 0.25) is 0 Å². The Kier molecular flexibility index (Phi) is 5.99. The standard InChI is InChI=1S/C15H19BrN2O2S/c1-2-20-14(19)11-4-3-9-18(10-11)15(21)17-13-7-5-12(16)6-8-13/h5-8,11H,2-4,9-10H2,1H3,(H,17,21)/t11-/m0/s1. The molecule has 1 aromatic carbocycles. The first kappa shape index (κ1) is 16.2. The summed E-state index contributed by atoms with van der Waals surface area (Å²) in [6, 6.07) is 7.84. The van der Waals surface area contributed by atoms with Gasteiger partial charge in [-0.05, 0) is 56.2 Å². The van der Waals surface area contributed by atoms with E-state index in [4.69, 9.17) is 17.0 Å². The van der Waals surface area contributed by atoms with Crippen molar-refractivity contribution in [2.75, 3.05) is 25.0 Å². The number of anilines is 1. The van der Waals surface area contributed by atoms with Gasteiger partial charge in [0.15, 0.2) is 5.11 Å². The Balaban J connectivity index is 1.92. The molecule has 1 saturated heterocycles. The van der Waals surface area contributed by atoms with E-state index in [-0.39, 0.29) is 11.9 Å². The average Bonchev–Trinajstić information content (AvgIpc) is 2.50. The maximum Gasteiger partial charge on any atom is 0.310 e. The van der Waals surface area contributed by atoms with Gasteiger partial charge < -0.3 is 15.0 Å². The zero-order valence-electron chi connectivity index (χ0n) is 12.0. The Morgan fingerprint density at radius 3 is 2.86 bits per heavy atom. The van der Waals surface area contributed by atoms with Crippen molar-refractivity contribution >= 4 is 44.9 Å². The van der Waals surface area contributed by atoms with Gasteiger partial charge in [0.05, 0.1) is 12.5 Å². The van der Waals surface area contributed by atoms with E-state index in [1.54, 1.807) is 0 Å². The molecular formula is C15H19BrN2O2S. The van der Waals surface area contributed by atoms with Crippen molar-refractivity contribution in [2.24, 2.45) is 5.92 Å². The number of thiocarbonyl (C=S) groups is 1. The Bertz CT molecular complexity index is 507. The Morgan fingerprint density at radius 1 is 1.48 bits per heavy atom. The topological polar surface area (TPSA) is 41.6 Å². The van der Waals surface area contributed by atoms with Gasteiger partial charge in [-0.15, -0.1) is 0 Å². The number of likely N-dealkylation sites (tertiary alicyclic amines) is 1. The number of nitrogens with one attached hydrogen (secondary N) is 1. The van der Waals surface area contributed by atoms with E-state index < -0.39 is 0 Å². The number of rotatable bonds is 3. The van der Waals surface area contributed by atoms with Crippen LogP contribution in [-0.2, 0) is 9.53 Å². The predicted octanol–water partition coefficient (Wildman–Crippen LogP) is 3.42. The van der Waals surface area contributed by atoms with E-state index in [2.05, 4.69) is 21.2 Å². The van der Waals surface area contributed by atoms with Crippen LogP contribution >= 0.6 is 28.1 Å². The van der Waals surface area contributed by atoms with Gasteiger partial charge in [0.2, 0.25) is 0 Å². The summed E-state index contributed by atoms with van der Waals surface area (Å²) in [5.74, 6) is -0.197. The van der Waals surface area contributed by atoms with Gasteiger partial charge in [-0.3, -0.25) is 4.79 Å². The number of benzene rings is 1. The van der Waals surface area contributed by atoms with Gasteiger partial charge in [-0.1, -0.05) is 15.9 Å². The van der Waals surface area contributed by atoms with Crippen molar-refractivity contribution in [1.29, 1.82) is 0 Å². The minimum absolute atomic E-state index is 0.0802. The second-order valence-corrected chi connectivity index (χ2v) is 6.28. The van der Waals surface area contributed by atoms with Crippen LogP contribution < -0.4 is 5.32 Å². The molecule has 0 radical (unpaired) electrons. The van der Waals surface area contributed by atoms with Crippen molar-refractivity contribution in [1.82, 2.24) is 4.90 Å². The van der Waals surface area contributed by atoms with E-state index in [9.17, 15) is 4.79 Å². The van der Waals surface area contributed by atoms with Crippen LogP contribution in [0.4, 0.5) is 5.69 Å². The highest BCUT2D eigenvalue weighted by molar-refractivity contribution is 9.10. The molecule has 21 heavy (non-hydrogen) atoms. The number of hydrogen-bond donors (Lipinski definition) is 1. The van der Waals surface area contributed by atoms with Crippen molar-refractivity contribution in [3.8, 4) is 0 Å². The van der Waals surface area contributed by atoms with Crippen LogP contribution in [0.1, 0.15) is 19.8 Å². The maximum absolute atomic E-state index is 11.8.